The molecule has 2 heterocycles. The molecule has 1 unspecified atom stereocenters. The molecule has 1 aliphatic rings. The number of benzene rings is 1. The first-order valence-corrected chi connectivity index (χ1v) is 10.0. The van der Waals surface area contributed by atoms with Crippen LogP contribution in [0.2, 0.25) is 10.2 Å². The van der Waals surface area contributed by atoms with E-state index in [9.17, 15) is 4.79 Å². The van der Waals surface area contributed by atoms with E-state index >= 15 is 0 Å². The SMILES string of the molecule is CCN1c2cc(Cl)c(/C=N\NC(=O)c3cccnc3Cl)cc2C(C)CC1(C)C. The zero-order valence-corrected chi connectivity index (χ0v) is 18.0. The summed E-state index contributed by atoms with van der Waals surface area (Å²) >= 11 is 12.5. The molecule has 0 fully saturated rings. The summed E-state index contributed by atoms with van der Waals surface area (Å²) in [6.45, 7) is 9.83. The number of rotatable bonds is 4. The molecule has 0 spiro atoms. The lowest BCUT2D eigenvalue weighted by Gasteiger charge is -2.47. The number of carbonyl (C=O) groups is 1. The highest BCUT2D eigenvalue weighted by atomic mass is 35.5. The summed E-state index contributed by atoms with van der Waals surface area (Å²) in [5.41, 5.74) is 6.00. The van der Waals surface area contributed by atoms with Gasteiger partial charge in [-0.05, 0) is 62.9 Å². The van der Waals surface area contributed by atoms with Crippen LogP contribution < -0.4 is 10.3 Å². The second-order valence-corrected chi connectivity index (χ2v) is 8.40. The smallest absolute Gasteiger partial charge is 0.274 e. The van der Waals surface area contributed by atoms with E-state index in [0.29, 0.717) is 10.9 Å². The Morgan fingerprint density at radius 1 is 1.43 bits per heavy atom. The van der Waals surface area contributed by atoms with Gasteiger partial charge in [-0.2, -0.15) is 5.10 Å². The Kier molecular flexibility index (Phi) is 5.96. The number of anilines is 1. The first kappa shape index (κ1) is 20.6. The molecule has 2 aromatic rings. The zero-order chi connectivity index (χ0) is 20.5. The highest BCUT2D eigenvalue weighted by Gasteiger charge is 2.35. The van der Waals surface area contributed by atoms with Crippen LogP contribution in [0, 0.1) is 0 Å². The second-order valence-electron chi connectivity index (χ2n) is 7.64. The Bertz CT molecular complexity index is 927. The molecule has 1 aliphatic heterocycles. The van der Waals surface area contributed by atoms with Crippen molar-refractivity contribution in [3.05, 3.63) is 57.3 Å². The van der Waals surface area contributed by atoms with Crippen molar-refractivity contribution < 1.29 is 4.79 Å². The van der Waals surface area contributed by atoms with E-state index in [-0.39, 0.29) is 16.3 Å². The minimum atomic E-state index is -0.421. The predicted molar refractivity (Wildman–Crippen MR) is 116 cm³/mol. The highest BCUT2D eigenvalue weighted by Crippen LogP contribution is 2.44. The largest absolute Gasteiger partial charge is 0.366 e. The number of hydrogen-bond donors (Lipinski definition) is 1. The Balaban J connectivity index is 1.84. The van der Waals surface area contributed by atoms with Crippen molar-refractivity contribution in [2.75, 3.05) is 11.4 Å². The van der Waals surface area contributed by atoms with Gasteiger partial charge in [-0.3, -0.25) is 4.79 Å². The average Bonchev–Trinajstić information content (AvgIpc) is 2.62. The number of hydrogen-bond acceptors (Lipinski definition) is 4. The summed E-state index contributed by atoms with van der Waals surface area (Å²) in [5.74, 6) is -0.0169. The van der Waals surface area contributed by atoms with Gasteiger partial charge in [0.15, 0.2) is 0 Å². The topological polar surface area (TPSA) is 57.6 Å². The van der Waals surface area contributed by atoms with E-state index in [4.69, 9.17) is 23.2 Å². The van der Waals surface area contributed by atoms with Crippen LogP contribution in [0.4, 0.5) is 5.69 Å². The molecule has 0 saturated heterocycles. The normalized spacial score (nSPS) is 18.2. The summed E-state index contributed by atoms with van der Waals surface area (Å²) in [4.78, 5) is 18.5. The number of aromatic nitrogens is 1. The minimum absolute atomic E-state index is 0.0804. The Labute approximate surface area is 175 Å². The molecule has 1 amide bonds. The molecule has 1 aromatic heterocycles. The van der Waals surface area contributed by atoms with Gasteiger partial charge in [0, 0.05) is 29.5 Å². The third-order valence-electron chi connectivity index (χ3n) is 5.19. The Morgan fingerprint density at radius 3 is 2.86 bits per heavy atom. The van der Waals surface area contributed by atoms with Crippen molar-refractivity contribution >= 4 is 41.0 Å². The van der Waals surface area contributed by atoms with Crippen molar-refractivity contribution in [3.63, 3.8) is 0 Å². The fourth-order valence-electron chi connectivity index (χ4n) is 3.99. The summed E-state index contributed by atoms with van der Waals surface area (Å²) in [6, 6.07) is 7.30. The monoisotopic (exact) mass is 418 g/mol. The molecule has 1 atom stereocenters. The summed E-state index contributed by atoms with van der Waals surface area (Å²) in [6.07, 6.45) is 4.15. The number of amides is 1. The van der Waals surface area contributed by atoms with Crippen LogP contribution >= 0.6 is 23.2 Å². The molecule has 148 valence electrons. The Morgan fingerprint density at radius 2 is 2.18 bits per heavy atom. The van der Waals surface area contributed by atoms with Gasteiger partial charge in [0.2, 0.25) is 0 Å². The highest BCUT2D eigenvalue weighted by molar-refractivity contribution is 6.33. The number of carbonyl (C=O) groups excluding carboxylic acids is 1. The molecule has 1 N–H and O–H groups in total. The fraction of sp³-hybridized carbons (Fsp3) is 0.381. The number of pyridine rings is 1. The van der Waals surface area contributed by atoms with E-state index in [0.717, 1.165) is 18.5 Å². The molecule has 5 nitrogen and oxygen atoms in total. The standard InChI is InChI=1S/C21H24Cl2N4O/c1-5-27-18-10-17(22)14(9-16(18)13(2)11-21(27,3)4)12-25-26-20(28)15-7-6-8-24-19(15)23/h6-10,12-13H,5,11H2,1-4H3,(H,26,28)/b25-12-. The molecule has 7 heteroatoms. The lowest BCUT2D eigenvalue weighted by molar-refractivity contribution is 0.0955. The lowest BCUT2D eigenvalue weighted by atomic mass is 9.79. The van der Waals surface area contributed by atoms with E-state index in [1.54, 1.807) is 18.3 Å². The molecule has 0 radical (unpaired) electrons. The van der Waals surface area contributed by atoms with Crippen LogP contribution in [0.3, 0.4) is 0 Å². The number of nitrogens with zero attached hydrogens (tertiary/aromatic N) is 3. The van der Waals surface area contributed by atoms with Gasteiger partial charge < -0.3 is 4.90 Å². The Hall–Kier alpha value is -2.11. The molecule has 0 aliphatic carbocycles. The van der Waals surface area contributed by atoms with Crippen LogP contribution in [-0.2, 0) is 0 Å². The van der Waals surface area contributed by atoms with Gasteiger partial charge in [0.1, 0.15) is 5.15 Å². The lowest BCUT2D eigenvalue weighted by Crippen LogP contribution is -2.48. The van der Waals surface area contributed by atoms with Gasteiger partial charge in [0.25, 0.3) is 5.91 Å². The number of fused-ring (bicyclic) bond motifs is 1. The fourth-order valence-corrected chi connectivity index (χ4v) is 4.41. The van der Waals surface area contributed by atoms with Crippen LogP contribution in [0.15, 0.2) is 35.6 Å². The predicted octanol–water partition coefficient (Wildman–Crippen LogP) is 5.26. The van der Waals surface area contributed by atoms with Gasteiger partial charge in [-0.15, -0.1) is 0 Å². The van der Waals surface area contributed by atoms with Crippen LogP contribution in [0.25, 0.3) is 0 Å². The first-order chi connectivity index (χ1) is 13.2. The van der Waals surface area contributed by atoms with Gasteiger partial charge in [0.05, 0.1) is 16.8 Å². The zero-order valence-electron chi connectivity index (χ0n) is 16.5. The minimum Gasteiger partial charge on any atom is -0.366 e. The van der Waals surface area contributed by atoms with E-state index in [2.05, 4.69) is 54.2 Å². The molecular formula is C21H24Cl2N4O. The molecule has 0 bridgehead atoms. The quantitative estimate of drug-likeness (QED) is 0.418. The molecule has 3 rings (SSSR count). The van der Waals surface area contributed by atoms with Gasteiger partial charge >= 0.3 is 0 Å². The second kappa shape index (κ2) is 8.10. The maximum atomic E-state index is 12.2. The van der Waals surface area contributed by atoms with Crippen LogP contribution in [-0.4, -0.2) is 29.2 Å². The van der Waals surface area contributed by atoms with E-state index in [1.165, 1.54) is 17.4 Å². The molecule has 28 heavy (non-hydrogen) atoms. The van der Waals surface area contributed by atoms with E-state index < -0.39 is 5.91 Å². The number of hydrazone groups is 1. The number of halogens is 2. The van der Waals surface area contributed by atoms with Crippen molar-refractivity contribution in [2.24, 2.45) is 5.10 Å². The van der Waals surface area contributed by atoms with Crippen LogP contribution in [0.5, 0.6) is 0 Å². The van der Waals surface area contributed by atoms with Crippen molar-refractivity contribution in [1.29, 1.82) is 0 Å². The van der Waals surface area contributed by atoms with Gasteiger partial charge in [-0.25, -0.2) is 10.4 Å². The third kappa shape index (κ3) is 4.01. The van der Waals surface area contributed by atoms with Crippen molar-refractivity contribution in [2.45, 2.75) is 45.6 Å². The third-order valence-corrected chi connectivity index (χ3v) is 5.82. The summed E-state index contributed by atoms with van der Waals surface area (Å²) < 4.78 is 0. The maximum Gasteiger partial charge on any atom is 0.274 e. The van der Waals surface area contributed by atoms with Crippen molar-refractivity contribution in [1.82, 2.24) is 10.4 Å². The summed E-state index contributed by atoms with van der Waals surface area (Å²) in [5, 5.41) is 4.79. The number of nitrogens with one attached hydrogen (secondary N) is 1. The van der Waals surface area contributed by atoms with Crippen LogP contribution in [0.1, 0.15) is 61.5 Å². The van der Waals surface area contributed by atoms with Gasteiger partial charge in [-0.1, -0.05) is 30.1 Å². The van der Waals surface area contributed by atoms with Crippen molar-refractivity contribution in [3.8, 4) is 0 Å². The molecule has 1 aromatic carbocycles. The average molecular weight is 419 g/mol. The van der Waals surface area contributed by atoms with E-state index in [1.807, 2.05) is 6.07 Å². The maximum absolute atomic E-state index is 12.2. The molecule has 0 saturated carbocycles. The molecular weight excluding hydrogens is 395 g/mol. The first-order valence-electron chi connectivity index (χ1n) is 9.29. The summed E-state index contributed by atoms with van der Waals surface area (Å²) in [7, 11) is 0.